The number of carbonyl (C=O) groups is 1. The second-order valence-corrected chi connectivity index (χ2v) is 2.47. The molecule has 0 saturated carbocycles. The normalized spacial score (nSPS) is 9.79. The Labute approximate surface area is 79.3 Å². The molecule has 0 atom stereocenters. The highest BCUT2D eigenvalue weighted by atomic mass is 19.1. The van der Waals surface area contributed by atoms with Crippen molar-refractivity contribution in [3.8, 4) is 5.75 Å². The van der Waals surface area contributed by atoms with Gasteiger partial charge in [0.15, 0.2) is 12.4 Å². The van der Waals surface area contributed by atoms with Crippen molar-refractivity contribution in [3.05, 3.63) is 24.0 Å². The molecule has 0 aliphatic heterocycles. The average Bonchev–Trinajstić information content (AvgIpc) is 2.09. The van der Waals surface area contributed by atoms with E-state index in [1.807, 2.05) is 0 Å². The summed E-state index contributed by atoms with van der Waals surface area (Å²) in [5.74, 6) is -1.65. The molecular weight excluding hydrogens is 191 g/mol. The number of nitrogen functional groups attached to an aromatic ring is 1. The highest BCUT2D eigenvalue weighted by molar-refractivity contribution is 5.74. The molecule has 0 aromatic heterocycles. The van der Waals surface area contributed by atoms with Gasteiger partial charge in [-0.2, -0.15) is 4.89 Å². The summed E-state index contributed by atoms with van der Waals surface area (Å²) in [6.45, 7) is -0.465. The van der Waals surface area contributed by atoms with Gasteiger partial charge >= 0.3 is 0 Å². The van der Waals surface area contributed by atoms with Gasteiger partial charge in [0.1, 0.15) is 0 Å². The lowest BCUT2D eigenvalue weighted by Gasteiger charge is -2.06. The lowest BCUT2D eigenvalue weighted by Crippen LogP contribution is -2.19. The number of nitrogens with two attached hydrogens (primary N) is 2. The van der Waals surface area contributed by atoms with E-state index >= 15 is 0 Å². The molecule has 0 radical (unpaired) electrons. The van der Waals surface area contributed by atoms with E-state index in [4.69, 9.17) is 11.5 Å². The first-order chi connectivity index (χ1) is 6.61. The molecule has 4 N–H and O–H groups in total. The smallest absolute Gasteiger partial charge is 0.247 e. The van der Waals surface area contributed by atoms with Crippen LogP contribution in [0.2, 0.25) is 0 Å². The summed E-state index contributed by atoms with van der Waals surface area (Å²) in [5.41, 5.74) is 10.2. The van der Waals surface area contributed by atoms with E-state index in [0.717, 1.165) is 6.07 Å². The number of carbonyl (C=O) groups excluding carboxylic acids is 1. The highest BCUT2D eigenvalue weighted by Crippen LogP contribution is 2.24. The number of para-hydroxylation sites is 1. The van der Waals surface area contributed by atoms with Gasteiger partial charge in [-0.3, -0.25) is 4.79 Å². The molecule has 1 aromatic carbocycles. The molecule has 0 unspecified atom stereocenters. The third kappa shape index (κ3) is 2.60. The molecular formula is C8H9FN2O3. The summed E-state index contributed by atoms with van der Waals surface area (Å²) in [6.07, 6.45) is 0. The molecule has 1 aromatic rings. The van der Waals surface area contributed by atoms with E-state index in [0.29, 0.717) is 0 Å². The molecule has 5 nitrogen and oxygen atoms in total. The average molecular weight is 200 g/mol. The lowest BCUT2D eigenvalue weighted by atomic mass is 10.3. The monoisotopic (exact) mass is 200 g/mol. The molecule has 76 valence electrons. The molecule has 0 aliphatic carbocycles. The van der Waals surface area contributed by atoms with Crippen LogP contribution in [-0.4, -0.2) is 12.5 Å². The summed E-state index contributed by atoms with van der Waals surface area (Å²) in [7, 11) is 0. The van der Waals surface area contributed by atoms with Gasteiger partial charge in [0.25, 0.3) is 0 Å². The zero-order valence-corrected chi connectivity index (χ0v) is 7.20. The Morgan fingerprint density at radius 3 is 2.79 bits per heavy atom. The maximum absolute atomic E-state index is 13.0. The standard InChI is InChI=1S/C8H9FN2O3/c9-5-2-1-3-6(10)8(5)14-13-4-7(11)12/h1-3H,4,10H2,(H2,11,12). The van der Waals surface area contributed by atoms with Gasteiger partial charge in [0, 0.05) is 0 Å². The minimum atomic E-state index is -0.722. The Morgan fingerprint density at radius 1 is 1.50 bits per heavy atom. The van der Waals surface area contributed by atoms with Crippen molar-refractivity contribution in [1.29, 1.82) is 0 Å². The summed E-state index contributed by atoms with van der Waals surface area (Å²) >= 11 is 0. The molecule has 0 bridgehead atoms. The number of benzene rings is 1. The van der Waals surface area contributed by atoms with Crippen molar-refractivity contribution in [3.63, 3.8) is 0 Å². The quantitative estimate of drug-likeness (QED) is 0.413. The van der Waals surface area contributed by atoms with E-state index in [1.54, 1.807) is 0 Å². The topological polar surface area (TPSA) is 87.6 Å². The fourth-order valence-corrected chi connectivity index (χ4v) is 0.760. The molecule has 0 spiro atoms. The summed E-state index contributed by atoms with van der Waals surface area (Å²) < 4.78 is 13.0. The van der Waals surface area contributed by atoms with E-state index in [-0.39, 0.29) is 11.4 Å². The van der Waals surface area contributed by atoms with Crippen molar-refractivity contribution >= 4 is 11.6 Å². The summed E-state index contributed by atoms with van der Waals surface area (Å²) in [6, 6.07) is 4.01. The minimum absolute atomic E-state index is 0.0782. The van der Waals surface area contributed by atoms with Crippen molar-refractivity contribution in [2.45, 2.75) is 0 Å². The van der Waals surface area contributed by atoms with Crippen LogP contribution in [0.15, 0.2) is 18.2 Å². The van der Waals surface area contributed by atoms with Crippen molar-refractivity contribution < 1.29 is 19.0 Å². The van der Waals surface area contributed by atoms with E-state index in [1.165, 1.54) is 12.1 Å². The first-order valence-corrected chi connectivity index (χ1v) is 3.73. The highest BCUT2D eigenvalue weighted by Gasteiger charge is 2.08. The largest absolute Gasteiger partial charge is 0.396 e. The van der Waals surface area contributed by atoms with Crippen LogP contribution in [0.25, 0.3) is 0 Å². The number of anilines is 1. The Bertz CT molecular complexity index is 323. The van der Waals surface area contributed by atoms with Crippen molar-refractivity contribution in [2.24, 2.45) is 5.73 Å². The van der Waals surface area contributed by atoms with Crippen LogP contribution < -0.4 is 16.4 Å². The second-order valence-electron chi connectivity index (χ2n) is 2.47. The fraction of sp³-hybridized carbons (Fsp3) is 0.125. The molecule has 0 heterocycles. The molecule has 1 amide bonds. The van der Waals surface area contributed by atoms with Crippen LogP contribution in [0.5, 0.6) is 5.75 Å². The zero-order chi connectivity index (χ0) is 10.6. The third-order valence-electron chi connectivity index (χ3n) is 1.34. The maximum Gasteiger partial charge on any atom is 0.247 e. The fourth-order valence-electron chi connectivity index (χ4n) is 0.760. The van der Waals surface area contributed by atoms with E-state index < -0.39 is 18.3 Å². The SMILES string of the molecule is NC(=O)COOc1c(N)cccc1F. The van der Waals surface area contributed by atoms with Gasteiger partial charge in [-0.15, -0.1) is 0 Å². The third-order valence-corrected chi connectivity index (χ3v) is 1.34. The molecule has 0 saturated heterocycles. The Morgan fingerprint density at radius 2 is 2.21 bits per heavy atom. The van der Waals surface area contributed by atoms with Crippen LogP contribution in [-0.2, 0) is 9.68 Å². The van der Waals surface area contributed by atoms with Crippen LogP contribution in [0.3, 0.4) is 0 Å². The van der Waals surface area contributed by atoms with Gasteiger partial charge in [-0.1, -0.05) is 6.07 Å². The van der Waals surface area contributed by atoms with Gasteiger partial charge < -0.3 is 16.4 Å². The molecule has 0 fully saturated rings. The van der Waals surface area contributed by atoms with Crippen LogP contribution in [0, 0.1) is 5.82 Å². The first kappa shape index (κ1) is 10.3. The molecule has 14 heavy (non-hydrogen) atoms. The molecule has 1 rings (SSSR count). The van der Waals surface area contributed by atoms with E-state index in [9.17, 15) is 9.18 Å². The number of halogens is 1. The van der Waals surface area contributed by atoms with Crippen LogP contribution in [0.4, 0.5) is 10.1 Å². The van der Waals surface area contributed by atoms with Gasteiger partial charge in [0.2, 0.25) is 11.7 Å². The number of rotatable bonds is 4. The number of amides is 1. The van der Waals surface area contributed by atoms with Crippen LogP contribution in [0.1, 0.15) is 0 Å². The van der Waals surface area contributed by atoms with Crippen molar-refractivity contribution in [1.82, 2.24) is 0 Å². The van der Waals surface area contributed by atoms with E-state index in [2.05, 4.69) is 9.78 Å². The van der Waals surface area contributed by atoms with Gasteiger partial charge in [0.05, 0.1) is 5.69 Å². The Kier molecular flexibility index (Phi) is 3.24. The van der Waals surface area contributed by atoms with Crippen LogP contribution >= 0.6 is 0 Å². The number of primary amides is 1. The van der Waals surface area contributed by atoms with Crippen molar-refractivity contribution in [2.75, 3.05) is 12.3 Å². The summed E-state index contributed by atoms with van der Waals surface area (Å²) in [5, 5.41) is 0. The molecule has 0 aliphatic rings. The Balaban J connectivity index is 2.62. The number of hydrogen-bond donors (Lipinski definition) is 2. The van der Waals surface area contributed by atoms with Gasteiger partial charge in [-0.05, 0) is 12.1 Å². The predicted molar refractivity (Wildman–Crippen MR) is 46.6 cm³/mol. The predicted octanol–water partition coefficient (Wildman–Crippen LogP) is 0.204. The lowest BCUT2D eigenvalue weighted by molar-refractivity contribution is -0.207. The number of hydrogen-bond acceptors (Lipinski definition) is 4. The zero-order valence-electron chi connectivity index (χ0n) is 7.20. The maximum atomic E-state index is 13.0. The second kappa shape index (κ2) is 4.43. The Hall–Kier alpha value is -1.82. The molecule has 6 heteroatoms. The minimum Gasteiger partial charge on any atom is -0.396 e. The first-order valence-electron chi connectivity index (χ1n) is 3.73. The van der Waals surface area contributed by atoms with Gasteiger partial charge in [-0.25, -0.2) is 4.39 Å². The summed E-state index contributed by atoms with van der Waals surface area (Å²) in [4.78, 5) is 19.1.